The Bertz CT molecular complexity index is 232. The molecule has 18 heavy (non-hydrogen) atoms. The zero-order valence-electron chi connectivity index (χ0n) is 13.0. The first-order chi connectivity index (χ1) is 8.28. The Hall–Kier alpha value is -0.770. The number of rotatable bonds is 7. The van der Waals surface area contributed by atoms with Gasteiger partial charge in [0.1, 0.15) is 0 Å². The van der Waals surface area contributed by atoms with Crippen molar-refractivity contribution in [3.05, 3.63) is 0 Å². The molecule has 2 N–H and O–H groups in total. The summed E-state index contributed by atoms with van der Waals surface area (Å²) in [5, 5.41) is 5.89. The summed E-state index contributed by atoms with van der Waals surface area (Å²) in [7, 11) is 0. The lowest BCUT2D eigenvalue weighted by Crippen LogP contribution is -2.49. The van der Waals surface area contributed by atoms with E-state index in [2.05, 4.69) is 36.3 Å². The van der Waals surface area contributed by atoms with Crippen molar-refractivity contribution < 1.29 is 4.79 Å². The third kappa shape index (κ3) is 9.28. The van der Waals surface area contributed by atoms with Gasteiger partial charge >= 0.3 is 6.03 Å². The molecule has 0 rings (SSSR count). The van der Waals surface area contributed by atoms with Crippen LogP contribution in [0.15, 0.2) is 0 Å². The second kappa shape index (κ2) is 8.35. The van der Waals surface area contributed by atoms with Gasteiger partial charge in [-0.15, -0.1) is 0 Å². The molecule has 0 aromatic carbocycles. The Morgan fingerprint density at radius 1 is 1.22 bits per heavy atom. The molecule has 1 atom stereocenters. The molecule has 0 spiro atoms. The largest absolute Gasteiger partial charge is 0.336 e. The molecule has 1 unspecified atom stereocenters. The molecule has 2 amide bonds. The van der Waals surface area contributed by atoms with E-state index in [1.54, 1.807) is 0 Å². The van der Waals surface area contributed by atoms with Gasteiger partial charge < -0.3 is 15.5 Å². The fraction of sp³-hybridized carbons (Fsp3) is 0.929. The van der Waals surface area contributed by atoms with Crippen molar-refractivity contribution in [2.45, 2.75) is 66.0 Å². The molecule has 108 valence electrons. The van der Waals surface area contributed by atoms with E-state index in [4.69, 9.17) is 0 Å². The number of carbonyl (C=O) groups excluding carboxylic acids is 1. The Labute approximate surface area is 113 Å². The van der Waals surface area contributed by atoms with Crippen molar-refractivity contribution in [1.82, 2.24) is 15.5 Å². The molecule has 0 fully saturated rings. The summed E-state index contributed by atoms with van der Waals surface area (Å²) >= 11 is 0. The summed E-state index contributed by atoms with van der Waals surface area (Å²) in [6.07, 6.45) is 2.15. The zero-order valence-corrected chi connectivity index (χ0v) is 13.0. The molecule has 4 nitrogen and oxygen atoms in total. The first kappa shape index (κ1) is 17.2. The van der Waals surface area contributed by atoms with E-state index in [1.807, 2.05) is 20.8 Å². The maximum absolute atomic E-state index is 11.6. The molecule has 0 bridgehead atoms. The summed E-state index contributed by atoms with van der Waals surface area (Å²) in [6, 6.07) is 0.153. The van der Waals surface area contributed by atoms with E-state index in [9.17, 15) is 4.79 Å². The molecule has 4 heteroatoms. The van der Waals surface area contributed by atoms with Crippen LogP contribution in [0.1, 0.15) is 54.4 Å². The van der Waals surface area contributed by atoms with E-state index in [0.717, 1.165) is 32.5 Å². The summed E-state index contributed by atoms with van der Waals surface area (Å²) in [5.74, 6) is 0. The van der Waals surface area contributed by atoms with Crippen molar-refractivity contribution >= 4 is 6.03 Å². The Balaban J connectivity index is 3.77. The van der Waals surface area contributed by atoms with Crippen LogP contribution in [0.25, 0.3) is 0 Å². The molecule has 0 aliphatic carbocycles. The topological polar surface area (TPSA) is 44.4 Å². The van der Waals surface area contributed by atoms with Crippen LogP contribution in [0.2, 0.25) is 0 Å². The van der Waals surface area contributed by atoms with Gasteiger partial charge in [-0.2, -0.15) is 0 Å². The number of hydrogen-bond donors (Lipinski definition) is 2. The van der Waals surface area contributed by atoms with Crippen molar-refractivity contribution in [3.8, 4) is 0 Å². The quantitative estimate of drug-likeness (QED) is 0.736. The predicted octanol–water partition coefficient (Wildman–Crippen LogP) is 2.59. The highest BCUT2D eigenvalue weighted by Gasteiger charge is 2.15. The lowest BCUT2D eigenvalue weighted by atomic mass is 10.1. The van der Waals surface area contributed by atoms with Crippen molar-refractivity contribution in [2.75, 3.05) is 19.6 Å². The molecule has 0 aliphatic heterocycles. The van der Waals surface area contributed by atoms with Gasteiger partial charge in [-0.25, -0.2) is 4.79 Å². The highest BCUT2D eigenvalue weighted by Crippen LogP contribution is 2.01. The van der Waals surface area contributed by atoms with Crippen LogP contribution < -0.4 is 10.6 Å². The molecule has 0 saturated heterocycles. The zero-order chi connectivity index (χ0) is 14.2. The predicted molar refractivity (Wildman–Crippen MR) is 77.9 cm³/mol. The number of urea groups is 1. The van der Waals surface area contributed by atoms with Crippen LogP contribution in [0.5, 0.6) is 0 Å². The third-order valence-corrected chi connectivity index (χ3v) is 2.87. The minimum atomic E-state index is -0.176. The highest BCUT2D eigenvalue weighted by atomic mass is 16.2. The van der Waals surface area contributed by atoms with E-state index < -0.39 is 0 Å². The molecular formula is C14H31N3O. The average Bonchev–Trinajstić information content (AvgIpc) is 2.21. The summed E-state index contributed by atoms with van der Waals surface area (Å²) < 4.78 is 0. The fourth-order valence-electron chi connectivity index (χ4n) is 1.83. The van der Waals surface area contributed by atoms with Gasteiger partial charge in [0.2, 0.25) is 0 Å². The lowest BCUT2D eigenvalue weighted by Gasteiger charge is -2.23. The van der Waals surface area contributed by atoms with Crippen LogP contribution in [0.4, 0.5) is 4.79 Å². The number of amides is 2. The van der Waals surface area contributed by atoms with E-state index >= 15 is 0 Å². The van der Waals surface area contributed by atoms with Gasteiger partial charge in [-0.1, -0.05) is 13.8 Å². The van der Waals surface area contributed by atoms with Crippen molar-refractivity contribution in [2.24, 2.45) is 0 Å². The van der Waals surface area contributed by atoms with Crippen LogP contribution in [0, 0.1) is 0 Å². The van der Waals surface area contributed by atoms with E-state index in [0.29, 0.717) is 0 Å². The standard InChI is InChI=1S/C14H31N3O/c1-7-17(8-2)11-9-10-12(3)15-13(18)16-14(4,5)6/h12H,7-11H2,1-6H3,(H2,15,16,18). The first-order valence-electron chi connectivity index (χ1n) is 7.09. The smallest absolute Gasteiger partial charge is 0.315 e. The Kier molecular flexibility index (Phi) is 8.00. The van der Waals surface area contributed by atoms with Gasteiger partial charge in [-0.05, 0) is 60.2 Å². The van der Waals surface area contributed by atoms with Crippen LogP contribution >= 0.6 is 0 Å². The summed E-state index contributed by atoms with van der Waals surface area (Å²) in [6.45, 7) is 15.7. The van der Waals surface area contributed by atoms with Crippen molar-refractivity contribution in [1.29, 1.82) is 0 Å². The first-order valence-corrected chi connectivity index (χ1v) is 7.09. The molecule has 0 aromatic rings. The normalized spacial score (nSPS) is 13.5. The van der Waals surface area contributed by atoms with Gasteiger partial charge in [-0.3, -0.25) is 0 Å². The maximum Gasteiger partial charge on any atom is 0.315 e. The third-order valence-electron chi connectivity index (χ3n) is 2.87. The molecule has 0 aromatic heterocycles. The molecule has 0 radical (unpaired) electrons. The highest BCUT2D eigenvalue weighted by molar-refractivity contribution is 5.74. The molecule has 0 saturated carbocycles. The van der Waals surface area contributed by atoms with Gasteiger partial charge in [0.15, 0.2) is 0 Å². The van der Waals surface area contributed by atoms with Gasteiger partial charge in [0.25, 0.3) is 0 Å². The summed E-state index contributed by atoms with van der Waals surface area (Å²) in [5.41, 5.74) is -0.176. The van der Waals surface area contributed by atoms with Crippen LogP contribution in [-0.2, 0) is 0 Å². The van der Waals surface area contributed by atoms with Gasteiger partial charge in [0.05, 0.1) is 0 Å². The number of nitrogens with one attached hydrogen (secondary N) is 2. The van der Waals surface area contributed by atoms with E-state index in [-0.39, 0.29) is 17.6 Å². The van der Waals surface area contributed by atoms with Crippen LogP contribution in [-0.4, -0.2) is 42.1 Å². The molecule has 0 heterocycles. The number of nitrogens with zero attached hydrogens (tertiary/aromatic N) is 1. The Morgan fingerprint density at radius 3 is 2.22 bits per heavy atom. The minimum absolute atomic E-state index is 0.0714. The second-order valence-electron chi connectivity index (χ2n) is 5.92. The molecular weight excluding hydrogens is 226 g/mol. The van der Waals surface area contributed by atoms with Crippen molar-refractivity contribution in [3.63, 3.8) is 0 Å². The van der Waals surface area contributed by atoms with Crippen LogP contribution in [0.3, 0.4) is 0 Å². The van der Waals surface area contributed by atoms with Gasteiger partial charge in [0, 0.05) is 11.6 Å². The van der Waals surface area contributed by atoms with E-state index in [1.165, 1.54) is 0 Å². The maximum atomic E-state index is 11.6. The number of carbonyl (C=O) groups is 1. The fourth-order valence-corrected chi connectivity index (χ4v) is 1.83. The second-order valence-corrected chi connectivity index (χ2v) is 5.92. The Morgan fingerprint density at radius 2 is 1.78 bits per heavy atom. The lowest BCUT2D eigenvalue weighted by molar-refractivity contribution is 0.227. The molecule has 0 aliphatic rings. The monoisotopic (exact) mass is 257 g/mol. The SMILES string of the molecule is CCN(CC)CCCC(C)NC(=O)NC(C)(C)C. The minimum Gasteiger partial charge on any atom is -0.336 e. The number of hydrogen-bond acceptors (Lipinski definition) is 2. The summed E-state index contributed by atoms with van der Waals surface area (Å²) in [4.78, 5) is 14.1. The average molecular weight is 257 g/mol.